The van der Waals surface area contributed by atoms with Gasteiger partial charge in [-0.15, -0.1) is 9.24 Å². The molecule has 0 spiro atoms. The molecule has 8 heteroatoms. The second kappa shape index (κ2) is 7.08. The quantitative estimate of drug-likeness (QED) is 0.496. The second-order valence-electron chi connectivity index (χ2n) is 8.05. The zero-order valence-electron chi connectivity index (χ0n) is 16.4. The number of hydrogen-bond acceptors (Lipinski definition) is 4. The molecule has 2 heterocycles. The molecule has 0 bridgehead atoms. The topological polar surface area (TPSA) is 78.5 Å². The van der Waals surface area contributed by atoms with Crippen molar-refractivity contribution in [3.63, 3.8) is 0 Å². The minimum atomic E-state index is -1.02. The number of H-pyrrole nitrogens is 1. The van der Waals surface area contributed by atoms with Crippen molar-refractivity contribution >= 4 is 37.2 Å². The number of anilines is 1. The molecule has 1 aliphatic rings. The molecule has 1 aromatic heterocycles. The molecule has 4 rings (SSSR count). The van der Waals surface area contributed by atoms with Crippen LogP contribution in [0, 0.1) is 11.7 Å². The van der Waals surface area contributed by atoms with Crippen LogP contribution in [0.15, 0.2) is 36.7 Å². The molecule has 0 saturated carbocycles. The highest BCUT2D eigenvalue weighted by molar-refractivity contribution is 7.27. The lowest BCUT2D eigenvalue weighted by Crippen LogP contribution is -2.55. The summed E-state index contributed by atoms with van der Waals surface area (Å²) in [6.45, 7) is 5.09. The molecule has 3 aromatic rings. The zero-order valence-corrected chi connectivity index (χ0v) is 17.6. The Hall–Kier alpha value is -2.50. The van der Waals surface area contributed by atoms with E-state index in [1.165, 1.54) is 6.07 Å². The van der Waals surface area contributed by atoms with Crippen molar-refractivity contribution in [1.82, 2.24) is 9.97 Å². The molecule has 3 atom stereocenters. The number of aliphatic hydroxyl groups is 1. The molecular weight excluding hydrogens is 392 g/mol. The molecule has 1 fully saturated rings. The highest BCUT2D eigenvalue weighted by Crippen LogP contribution is 2.44. The molecule has 1 saturated heterocycles. The van der Waals surface area contributed by atoms with Crippen LogP contribution in [0.2, 0.25) is 0 Å². The van der Waals surface area contributed by atoms with Crippen LogP contribution in [0.5, 0.6) is 5.75 Å². The SMILES string of the molecule is C[C@H]1C(=O)N(c2ccc3[nH]cnc3c2)[C@H]1c1c(F)cc(OCC(C)(C)O)cc1P. The van der Waals surface area contributed by atoms with Gasteiger partial charge in [0, 0.05) is 17.3 Å². The fourth-order valence-electron chi connectivity index (χ4n) is 3.64. The predicted molar refractivity (Wildman–Crippen MR) is 113 cm³/mol. The third-order valence-electron chi connectivity index (χ3n) is 5.08. The van der Waals surface area contributed by atoms with Gasteiger partial charge in [-0.25, -0.2) is 9.37 Å². The van der Waals surface area contributed by atoms with E-state index in [4.69, 9.17) is 4.74 Å². The Morgan fingerprint density at radius 1 is 1.34 bits per heavy atom. The number of nitrogens with zero attached hydrogens (tertiary/aromatic N) is 2. The van der Waals surface area contributed by atoms with Gasteiger partial charge >= 0.3 is 0 Å². The Morgan fingerprint density at radius 3 is 2.79 bits per heavy atom. The number of halogens is 1. The van der Waals surface area contributed by atoms with Gasteiger partial charge in [0.15, 0.2) is 0 Å². The molecule has 1 aliphatic heterocycles. The number of aromatic nitrogens is 2. The standard InChI is InChI=1S/C21H23FN3O3P/c1-11-19(18-14(22)7-13(8-17(18)29)28-9-21(2,3)27)25(20(11)26)12-4-5-15-16(6-12)24-10-23-15/h4-8,10-11,19,27H,9,29H2,1-3H3,(H,23,24)/t11-,19-/m1/s1. The van der Waals surface area contributed by atoms with Crippen molar-refractivity contribution in [2.75, 3.05) is 11.5 Å². The Bertz CT molecular complexity index is 1070. The fraction of sp³-hybridized carbons (Fsp3) is 0.333. The normalized spacial score (nSPS) is 19.5. The van der Waals surface area contributed by atoms with Crippen LogP contribution < -0.4 is 14.9 Å². The van der Waals surface area contributed by atoms with Gasteiger partial charge in [0.05, 0.1) is 34.9 Å². The lowest BCUT2D eigenvalue weighted by atomic mass is 9.82. The molecule has 29 heavy (non-hydrogen) atoms. The fourth-order valence-corrected chi connectivity index (χ4v) is 4.11. The summed E-state index contributed by atoms with van der Waals surface area (Å²) in [5, 5.41) is 10.4. The van der Waals surface area contributed by atoms with Crippen molar-refractivity contribution < 1.29 is 19.0 Å². The Kier molecular flexibility index (Phi) is 4.83. The van der Waals surface area contributed by atoms with Crippen molar-refractivity contribution in [2.45, 2.75) is 32.4 Å². The number of imidazole rings is 1. The number of benzene rings is 2. The number of rotatable bonds is 5. The van der Waals surface area contributed by atoms with Crippen LogP contribution in [-0.2, 0) is 4.79 Å². The van der Waals surface area contributed by atoms with Gasteiger partial charge < -0.3 is 19.7 Å². The van der Waals surface area contributed by atoms with E-state index in [0.717, 1.165) is 11.0 Å². The summed E-state index contributed by atoms with van der Waals surface area (Å²) in [7, 11) is 2.53. The highest BCUT2D eigenvalue weighted by Gasteiger charge is 2.47. The molecule has 1 unspecified atom stereocenters. The van der Waals surface area contributed by atoms with E-state index in [-0.39, 0.29) is 18.4 Å². The molecule has 6 nitrogen and oxygen atoms in total. The van der Waals surface area contributed by atoms with Crippen LogP contribution >= 0.6 is 9.24 Å². The number of hydrogen-bond donors (Lipinski definition) is 2. The maximum atomic E-state index is 15.1. The van der Waals surface area contributed by atoms with Crippen molar-refractivity contribution in [1.29, 1.82) is 0 Å². The number of ether oxygens (including phenoxy) is 1. The van der Waals surface area contributed by atoms with Gasteiger partial charge in [-0.05, 0) is 43.4 Å². The predicted octanol–water partition coefficient (Wildman–Crippen LogP) is 3.08. The van der Waals surface area contributed by atoms with Gasteiger partial charge in [-0.1, -0.05) is 6.92 Å². The Balaban J connectivity index is 1.67. The van der Waals surface area contributed by atoms with E-state index in [0.29, 0.717) is 22.3 Å². The van der Waals surface area contributed by atoms with Gasteiger partial charge in [0.2, 0.25) is 5.91 Å². The van der Waals surface area contributed by atoms with Crippen molar-refractivity contribution in [3.8, 4) is 5.75 Å². The Morgan fingerprint density at radius 2 is 2.10 bits per heavy atom. The molecule has 1 amide bonds. The van der Waals surface area contributed by atoms with Crippen LogP contribution in [0.4, 0.5) is 10.1 Å². The average Bonchev–Trinajstić information content (AvgIpc) is 3.12. The maximum absolute atomic E-state index is 15.1. The minimum absolute atomic E-state index is 0.0456. The number of nitrogens with one attached hydrogen (secondary N) is 1. The lowest BCUT2D eigenvalue weighted by molar-refractivity contribution is -0.129. The molecular formula is C21H23FN3O3P. The third-order valence-corrected chi connectivity index (χ3v) is 5.56. The number of β-lactam (4-membered cyclic amide) rings is 1. The van der Waals surface area contributed by atoms with E-state index >= 15 is 4.39 Å². The van der Waals surface area contributed by atoms with Crippen LogP contribution in [0.25, 0.3) is 11.0 Å². The number of carbonyl (C=O) groups excluding carboxylic acids is 1. The van der Waals surface area contributed by atoms with Crippen molar-refractivity contribution in [3.05, 3.63) is 48.0 Å². The number of fused-ring (bicyclic) bond motifs is 1. The number of amides is 1. The molecule has 152 valence electrons. The van der Waals surface area contributed by atoms with E-state index in [2.05, 4.69) is 19.2 Å². The van der Waals surface area contributed by atoms with E-state index in [1.807, 2.05) is 18.2 Å². The molecule has 2 aromatic carbocycles. The van der Waals surface area contributed by atoms with Gasteiger partial charge in [-0.2, -0.15) is 0 Å². The number of carbonyl (C=O) groups is 1. The zero-order chi connectivity index (χ0) is 20.9. The lowest BCUT2D eigenvalue weighted by Gasteiger charge is -2.46. The summed E-state index contributed by atoms with van der Waals surface area (Å²) in [5.74, 6) is -0.516. The second-order valence-corrected chi connectivity index (χ2v) is 8.68. The smallest absolute Gasteiger partial charge is 0.232 e. The summed E-state index contributed by atoms with van der Waals surface area (Å²) >= 11 is 0. The first-order valence-corrected chi connectivity index (χ1v) is 9.94. The Labute approximate surface area is 170 Å². The van der Waals surface area contributed by atoms with E-state index in [9.17, 15) is 9.90 Å². The summed E-state index contributed by atoms with van der Waals surface area (Å²) in [5.41, 5.74) is 1.73. The summed E-state index contributed by atoms with van der Waals surface area (Å²) in [6.07, 6.45) is 1.60. The van der Waals surface area contributed by atoms with Gasteiger partial charge in [0.25, 0.3) is 0 Å². The highest BCUT2D eigenvalue weighted by atomic mass is 31.0. The minimum Gasteiger partial charge on any atom is -0.490 e. The maximum Gasteiger partial charge on any atom is 0.232 e. The van der Waals surface area contributed by atoms with Crippen LogP contribution in [-0.4, -0.2) is 33.2 Å². The van der Waals surface area contributed by atoms with Crippen LogP contribution in [0.1, 0.15) is 32.4 Å². The summed E-state index contributed by atoms with van der Waals surface area (Å²) in [6, 6.07) is 8.10. The first kappa shape index (κ1) is 19.8. The van der Waals surface area contributed by atoms with Gasteiger partial charge in [-0.3, -0.25) is 4.79 Å². The average molecular weight is 415 g/mol. The van der Waals surface area contributed by atoms with Crippen molar-refractivity contribution in [2.24, 2.45) is 5.92 Å². The van der Waals surface area contributed by atoms with Crippen LogP contribution in [0.3, 0.4) is 0 Å². The number of aromatic amines is 1. The molecule has 0 aliphatic carbocycles. The third kappa shape index (κ3) is 3.61. The largest absolute Gasteiger partial charge is 0.490 e. The molecule has 2 N–H and O–H groups in total. The summed E-state index contributed by atoms with van der Waals surface area (Å²) < 4.78 is 20.6. The van der Waals surface area contributed by atoms with E-state index in [1.54, 1.807) is 38.1 Å². The van der Waals surface area contributed by atoms with Gasteiger partial charge in [0.1, 0.15) is 18.2 Å². The first-order valence-electron chi connectivity index (χ1n) is 9.36. The first-order chi connectivity index (χ1) is 13.7. The van der Waals surface area contributed by atoms with E-state index < -0.39 is 17.5 Å². The monoisotopic (exact) mass is 415 g/mol. The molecule has 0 radical (unpaired) electrons. The summed E-state index contributed by atoms with van der Waals surface area (Å²) in [4.78, 5) is 21.5.